The Morgan fingerprint density at radius 1 is 1.24 bits per heavy atom. The van der Waals surface area contributed by atoms with Crippen LogP contribution in [0.5, 0.6) is 5.75 Å². The molecule has 0 spiro atoms. The molecular weight excluding hydrogens is 388 g/mol. The van der Waals surface area contributed by atoms with Gasteiger partial charge in [-0.25, -0.2) is 4.79 Å². The minimum atomic E-state index is -0.603. The number of esters is 1. The average molecular weight is 403 g/mol. The minimum absolute atomic E-state index is 0.0584. The number of carbonyl (C=O) groups excluding carboxylic acids is 1. The largest absolute Gasteiger partial charge is 0.488 e. The van der Waals surface area contributed by atoms with Gasteiger partial charge in [-0.2, -0.15) is 5.26 Å². The zero-order chi connectivity index (χ0) is 18.2. The van der Waals surface area contributed by atoms with E-state index in [0.29, 0.717) is 21.3 Å². The van der Waals surface area contributed by atoms with Crippen LogP contribution >= 0.6 is 15.9 Å². The zero-order valence-corrected chi connectivity index (χ0v) is 15.2. The van der Waals surface area contributed by atoms with Crippen molar-refractivity contribution in [1.29, 1.82) is 5.26 Å². The van der Waals surface area contributed by atoms with Gasteiger partial charge in [-0.05, 0) is 39.7 Å². The van der Waals surface area contributed by atoms with Crippen LogP contribution in [0.2, 0.25) is 0 Å². The molecule has 0 aliphatic carbocycles. The summed E-state index contributed by atoms with van der Waals surface area (Å²) in [5.74, 6) is -0.0223. The Bertz CT molecular complexity index is 843. The van der Waals surface area contributed by atoms with E-state index in [2.05, 4.69) is 27.2 Å². The van der Waals surface area contributed by atoms with E-state index in [-0.39, 0.29) is 12.3 Å². The van der Waals surface area contributed by atoms with Crippen LogP contribution in [0.1, 0.15) is 16.7 Å². The van der Waals surface area contributed by atoms with Crippen LogP contribution in [0.15, 0.2) is 52.1 Å². The molecule has 0 aliphatic heterocycles. The van der Waals surface area contributed by atoms with Gasteiger partial charge < -0.3 is 14.3 Å². The molecule has 0 radical (unpaired) electrons. The third kappa shape index (κ3) is 4.58. The maximum Gasteiger partial charge on any atom is 0.360 e. The van der Waals surface area contributed by atoms with Gasteiger partial charge in [0.25, 0.3) is 0 Å². The van der Waals surface area contributed by atoms with Gasteiger partial charge in [0.05, 0.1) is 23.2 Å². The highest BCUT2D eigenvalue weighted by molar-refractivity contribution is 9.10. The summed E-state index contributed by atoms with van der Waals surface area (Å²) in [6, 6.07) is 14.3. The molecule has 0 bridgehead atoms. The van der Waals surface area contributed by atoms with E-state index in [1.807, 2.05) is 12.1 Å². The van der Waals surface area contributed by atoms with Gasteiger partial charge in [0, 0.05) is 5.56 Å². The van der Waals surface area contributed by atoms with Crippen molar-refractivity contribution in [2.45, 2.75) is 6.61 Å². The molecule has 7 heteroatoms. The summed E-state index contributed by atoms with van der Waals surface area (Å²) in [6.45, 7) is 0.195. The number of ether oxygens (including phenoxy) is 2. The van der Waals surface area contributed by atoms with Crippen molar-refractivity contribution in [3.63, 3.8) is 0 Å². The summed E-state index contributed by atoms with van der Waals surface area (Å²) in [7, 11) is 2.64. The van der Waals surface area contributed by atoms with Gasteiger partial charge in [0.15, 0.2) is 5.71 Å². The molecule has 0 atom stereocenters. The van der Waals surface area contributed by atoms with Crippen molar-refractivity contribution in [3.8, 4) is 11.8 Å². The van der Waals surface area contributed by atoms with Gasteiger partial charge in [0.1, 0.15) is 19.5 Å². The molecule has 0 saturated carbocycles. The number of nitrogens with zero attached hydrogens (tertiary/aromatic N) is 2. The molecule has 0 fully saturated rings. The summed E-state index contributed by atoms with van der Waals surface area (Å²) in [5.41, 5.74) is 1.88. The molecule has 0 heterocycles. The van der Waals surface area contributed by atoms with Crippen LogP contribution in [0.4, 0.5) is 0 Å². The highest BCUT2D eigenvalue weighted by Crippen LogP contribution is 2.27. The van der Waals surface area contributed by atoms with Gasteiger partial charge in [0.2, 0.25) is 0 Å². The third-order valence-corrected chi connectivity index (χ3v) is 3.90. The van der Waals surface area contributed by atoms with Crippen molar-refractivity contribution in [1.82, 2.24) is 0 Å². The van der Waals surface area contributed by atoms with Crippen LogP contribution in [0.3, 0.4) is 0 Å². The van der Waals surface area contributed by atoms with Gasteiger partial charge >= 0.3 is 5.97 Å². The Labute approximate surface area is 153 Å². The molecule has 2 rings (SSSR count). The van der Waals surface area contributed by atoms with E-state index in [4.69, 9.17) is 19.6 Å². The number of benzene rings is 2. The third-order valence-electron chi connectivity index (χ3n) is 3.28. The Kier molecular flexibility index (Phi) is 6.54. The van der Waals surface area contributed by atoms with Crippen molar-refractivity contribution in [2.75, 3.05) is 14.2 Å². The number of carbonyl (C=O) groups is 1. The van der Waals surface area contributed by atoms with Gasteiger partial charge in [-0.3, -0.25) is 0 Å². The lowest BCUT2D eigenvalue weighted by Gasteiger charge is -2.12. The number of nitriles is 1. The first-order valence-electron chi connectivity index (χ1n) is 7.21. The first-order valence-corrected chi connectivity index (χ1v) is 8.00. The first-order chi connectivity index (χ1) is 12.1. The Morgan fingerprint density at radius 2 is 2.00 bits per heavy atom. The topological polar surface area (TPSA) is 80.9 Å². The second-order valence-corrected chi connectivity index (χ2v) is 5.67. The van der Waals surface area contributed by atoms with Crippen LogP contribution < -0.4 is 4.74 Å². The maximum absolute atomic E-state index is 11.9. The molecule has 0 unspecified atom stereocenters. The number of hydrogen-bond donors (Lipinski definition) is 0. The van der Waals surface area contributed by atoms with Gasteiger partial charge in [-0.15, -0.1) is 0 Å². The summed E-state index contributed by atoms with van der Waals surface area (Å²) in [4.78, 5) is 16.7. The lowest BCUT2D eigenvalue weighted by atomic mass is 10.0. The Morgan fingerprint density at radius 3 is 2.64 bits per heavy atom. The molecule has 2 aromatic carbocycles. The standard InChI is InChI=1S/C18H15BrN2O4/c1-23-18(22)17(21-24-2)14-6-4-3-5-13(14)11-25-16-8-7-12(10-20)9-15(16)19/h3-9H,11H2,1-2H3/b21-17+. The van der Waals surface area contributed by atoms with Crippen LogP contribution in [0.25, 0.3) is 0 Å². The van der Waals surface area contributed by atoms with Crippen molar-refractivity contribution in [2.24, 2.45) is 5.16 Å². The van der Waals surface area contributed by atoms with E-state index < -0.39 is 5.97 Å². The normalized spacial score (nSPS) is 10.7. The predicted molar refractivity (Wildman–Crippen MR) is 95.2 cm³/mol. The quantitative estimate of drug-likeness (QED) is 0.420. The summed E-state index contributed by atoms with van der Waals surface area (Å²) >= 11 is 3.37. The number of oxime groups is 1. The molecule has 6 nitrogen and oxygen atoms in total. The average Bonchev–Trinajstić information content (AvgIpc) is 2.64. The fourth-order valence-electron chi connectivity index (χ4n) is 2.10. The maximum atomic E-state index is 11.9. The molecule has 0 amide bonds. The summed E-state index contributed by atoms with van der Waals surface area (Å²) < 4.78 is 11.2. The van der Waals surface area contributed by atoms with E-state index in [9.17, 15) is 4.79 Å². The molecule has 0 saturated heterocycles. The predicted octanol–water partition coefficient (Wildman–Crippen LogP) is 3.42. The fraction of sp³-hybridized carbons (Fsp3) is 0.167. The Hall–Kier alpha value is -2.85. The molecule has 0 aromatic heterocycles. The second-order valence-electron chi connectivity index (χ2n) is 4.82. The van der Waals surface area contributed by atoms with E-state index in [0.717, 1.165) is 5.56 Å². The molecular formula is C18H15BrN2O4. The zero-order valence-electron chi connectivity index (χ0n) is 13.7. The molecule has 2 aromatic rings. The van der Waals surface area contributed by atoms with Crippen LogP contribution in [0, 0.1) is 11.3 Å². The van der Waals surface area contributed by atoms with E-state index >= 15 is 0 Å². The highest BCUT2D eigenvalue weighted by Gasteiger charge is 2.19. The van der Waals surface area contributed by atoms with Crippen molar-refractivity contribution in [3.05, 3.63) is 63.6 Å². The number of hydrogen-bond acceptors (Lipinski definition) is 6. The van der Waals surface area contributed by atoms with Crippen LogP contribution in [-0.4, -0.2) is 25.9 Å². The summed E-state index contributed by atoms with van der Waals surface area (Å²) in [5, 5.41) is 12.7. The smallest absolute Gasteiger partial charge is 0.360 e. The molecule has 128 valence electrons. The lowest BCUT2D eigenvalue weighted by Crippen LogP contribution is -2.19. The second kappa shape index (κ2) is 8.85. The first kappa shape index (κ1) is 18.5. The Balaban J connectivity index is 2.28. The van der Waals surface area contributed by atoms with Crippen LogP contribution in [-0.2, 0) is 21.0 Å². The number of methoxy groups -OCH3 is 1. The van der Waals surface area contributed by atoms with Gasteiger partial charge in [-0.1, -0.05) is 29.4 Å². The fourth-order valence-corrected chi connectivity index (χ4v) is 2.60. The SMILES string of the molecule is CO/N=C(/C(=O)OC)c1ccccc1COc1ccc(C#N)cc1Br. The van der Waals surface area contributed by atoms with E-state index in [1.54, 1.807) is 30.3 Å². The monoisotopic (exact) mass is 402 g/mol. The van der Waals surface area contributed by atoms with E-state index in [1.165, 1.54) is 14.2 Å². The lowest BCUT2D eigenvalue weighted by molar-refractivity contribution is -0.132. The highest BCUT2D eigenvalue weighted by atomic mass is 79.9. The molecule has 0 aliphatic rings. The molecule has 25 heavy (non-hydrogen) atoms. The minimum Gasteiger partial charge on any atom is -0.488 e. The molecule has 0 N–H and O–H groups in total. The summed E-state index contributed by atoms with van der Waals surface area (Å²) in [6.07, 6.45) is 0. The number of halogens is 1. The van der Waals surface area contributed by atoms with Crippen molar-refractivity contribution >= 4 is 27.6 Å². The van der Waals surface area contributed by atoms with Crippen molar-refractivity contribution < 1.29 is 19.1 Å². The number of rotatable bonds is 6.